The second-order valence-corrected chi connectivity index (χ2v) is 9.20. The van der Waals surface area contributed by atoms with E-state index >= 15 is 0 Å². The smallest absolute Gasteiger partial charge is 0.240 e. The van der Waals surface area contributed by atoms with E-state index in [1.54, 1.807) is 12.1 Å². The molecule has 0 bridgehead atoms. The van der Waals surface area contributed by atoms with Gasteiger partial charge in [0.05, 0.1) is 23.8 Å². The Morgan fingerprint density at radius 3 is 2.63 bits per heavy atom. The Morgan fingerprint density at radius 2 is 2.03 bits per heavy atom. The quantitative estimate of drug-likeness (QED) is 0.330. The molecule has 2 atom stereocenters. The molecule has 1 saturated heterocycles. The molecule has 2 aromatic rings. The van der Waals surface area contributed by atoms with E-state index in [1.165, 1.54) is 7.05 Å². The molecule has 1 aliphatic heterocycles. The lowest BCUT2D eigenvalue weighted by Gasteiger charge is -2.39. The molecule has 0 saturated carbocycles. The van der Waals surface area contributed by atoms with Gasteiger partial charge in [-0.25, -0.2) is 23.1 Å². The summed E-state index contributed by atoms with van der Waals surface area (Å²) in [6.45, 7) is 7.46. The van der Waals surface area contributed by atoms with Gasteiger partial charge < -0.3 is 14.8 Å². The highest BCUT2D eigenvalue weighted by atomic mass is 127. The third-order valence-corrected chi connectivity index (χ3v) is 6.80. The first-order valence-corrected chi connectivity index (χ1v) is 11.5. The Labute approximate surface area is 196 Å². The predicted molar refractivity (Wildman–Crippen MR) is 130 cm³/mol. The maximum absolute atomic E-state index is 11.9. The number of rotatable bonds is 6. The Bertz CT molecular complexity index is 915. The van der Waals surface area contributed by atoms with Crippen molar-refractivity contribution in [3.8, 4) is 0 Å². The third-order valence-electron chi connectivity index (χ3n) is 5.37. The van der Waals surface area contributed by atoms with Crippen LogP contribution < -0.4 is 10.0 Å². The molecule has 2 heterocycles. The molecule has 30 heavy (non-hydrogen) atoms. The van der Waals surface area contributed by atoms with E-state index in [9.17, 15) is 8.42 Å². The summed E-state index contributed by atoms with van der Waals surface area (Å²) in [4.78, 5) is 11.6. The Hall–Kier alpha value is -1.66. The fourth-order valence-electron chi connectivity index (χ4n) is 3.58. The van der Waals surface area contributed by atoms with Crippen LogP contribution in [-0.2, 0) is 16.6 Å². The van der Waals surface area contributed by atoms with Crippen LogP contribution >= 0.6 is 24.0 Å². The number of benzene rings is 1. The summed E-state index contributed by atoms with van der Waals surface area (Å²) in [5.74, 6) is 1.46. The van der Waals surface area contributed by atoms with Crippen molar-refractivity contribution in [2.75, 3.05) is 26.7 Å². The minimum absolute atomic E-state index is 0. The molecule has 8 nitrogen and oxygen atoms in total. The van der Waals surface area contributed by atoms with Crippen LogP contribution in [0.3, 0.4) is 0 Å². The average Bonchev–Trinajstić information content (AvgIpc) is 3.26. The normalized spacial score (nSPS) is 20.0. The summed E-state index contributed by atoms with van der Waals surface area (Å²) in [6, 6.07) is 7.21. The molecule has 0 spiro atoms. The van der Waals surface area contributed by atoms with E-state index in [0.717, 1.165) is 37.6 Å². The number of piperidine rings is 1. The van der Waals surface area contributed by atoms with Crippen LogP contribution in [0.1, 0.15) is 31.9 Å². The standard InChI is InChI=1S/C20H30N6O2S.HI/c1-4-23-20(24-13-17-5-7-18(8-6-17)29(27,28)21-3)25-11-9-16(2)19(14-25)26-12-10-22-15-26;/h5-8,10,12,15-16,19,21H,4,9,11,13-14H2,1-3H3,(H,23,24);1H. The van der Waals surface area contributed by atoms with Crippen molar-refractivity contribution >= 4 is 40.0 Å². The molecule has 1 aliphatic rings. The van der Waals surface area contributed by atoms with Gasteiger partial charge >= 0.3 is 0 Å². The molecule has 0 radical (unpaired) electrons. The summed E-state index contributed by atoms with van der Waals surface area (Å²) in [7, 11) is -2.01. The van der Waals surface area contributed by atoms with Crippen LogP contribution in [-0.4, -0.2) is 55.5 Å². The van der Waals surface area contributed by atoms with Gasteiger partial charge in [-0.2, -0.15) is 0 Å². The first kappa shape index (κ1) is 24.6. The number of nitrogens with zero attached hydrogens (tertiary/aromatic N) is 4. The van der Waals surface area contributed by atoms with Crippen molar-refractivity contribution in [2.45, 2.75) is 37.8 Å². The van der Waals surface area contributed by atoms with E-state index < -0.39 is 10.0 Å². The summed E-state index contributed by atoms with van der Waals surface area (Å²) in [6.07, 6.45) is 6.82. The minimum Gasteiger partial charge on any atom is -0.357 e. The number of sulfonamides is 1. The number of imidazole rings is 1. The number of nitrogens with one attached hydrogen (secondary N) is 2. The zero-order valence-electron chi connectivity index (χ0n) is 17.7. The lowest BCUT2D eigenvalue weighted by molar-refractivity contribution is 0.189. The monoisotopic (exact) mass is 546 g/mol. The van der Waals surface area contributed by atoms with Gasteiger partial charge in [0.2, 0.25) is 10.0 Å². The number of likely N-dealkylation sites (tertiary alicyclic amines) is 1. The van der Waals surface area contributed by atoms with Crippen molar-refractivity contribution in [3.05, 3.63) is 48.5 Å². The second kappa shape index (κ2) is 11.1. The zero-order valence-corrected chi connectivity index (χ0v) is 20.8. The van der Waals surface area contributed by atoms with E-state index in [4.69, 9.17) is 4.99 Å². The van der Waals surface area contributed by atoms with Crippen LogP contribution in [0.2, 0.25) is 0 Å². The van der Waals surface area contributed by atoms with Gasteiger partial charge in [-0.05, 0) is 44.0 Å². The van der Waals surface area contributed by atoms with Gasteiger partial charge in [0.25, 0.3) is 0 Å². The highest BCUT2D eigenvalue weighted by Gasteiger charge is 2.28. The van der Waals surface area contributed by atoms with Gasteiger partial charge in [0, 0.05) is 32.0 Å². The molecule has 1 aromatic carbocycles. The minimum atomic E-state index is -3.42. The Morgan fingerprint density at radius 1 is 1.30 bits per heavy atom. The molecule has 2 N–H and O–H groups in total. The molecule has 3 rings (SSSR count). The first-order valence-electron chi connectivity index (χ1n) is 9.97. The third kappa shape index (κ3) is 5.94. The number of hydrogen-bond donors (Lipinski definition) is 2. The van der Waals surface area contributed by atoms with Crippen molar-refractivity contribution in [1.29, 1.82) is 0 Å². The molecular weight excluding hydrogens is 515 g/mol. The van der Waals surface area contributed by atoms with Gasteiger partial charge in [0.15, 0.2) is 5.96 Å². The molecular formula is C20H31IN6O2S. The maximum atomic E-state index is 11.9. The number of guanidine groups is 1. The van der Waals surface area contributed by atoms with E-state index in [0.29, 0.717) is 18.5 Å². The zero-order chi connectivity index (χ0) is 20.9. The maximum Gasteiger partial charge on any atom is 0.240 e. The van der Waals surface area contributed by atoms with Gasteiger partial charge in [-0.3, -0.25) is 0 Å². The lowest BCUT2D eigenvalue weighted by Crippen LogP contribution is -2.49. The van der Waals surface area contributed by atoms with E-state index in [-0.39, 0.29) is 28.9 Å². The summed E-state index contributed by atoms with van der Waals surface area (Å²) >= 11 is 0. The number of hydrogen-bond acceptors (Lipinski definition) is 4. The largest absolute Gasteiger partial charge is 0.357 e. The molecule has 166 valence electrons. The SMILES string of the molecule is CCNC(=NCc1ccc(S(=O)(=O)NC)cc1)N1CCC(C)C(n2ccnc2)C1.I. The highest BCUT2D eigenvalue weighted by Crippen LogP contribution is 2.27. The summed E-state index contributed by atoms with van der Waals surface area (Å²) < 4.78 is 28.2. The van der Waals surface area contributed by atoms with Crippen molar-refractivity contribution in [2.24, 2.45) is 10.9 Å². The van der Waals surface area contributed by atoms with E-state index in [1.807, 2.05) is 30.9 Å². The lowest BCUT2D eigenvalue weighted by atomic mass is 9.93. The molecule has 2 unspecified atom stereocenters. The van der Waals surface area contributed by atoms with Crippen molar-refractivity contribution in [3.63, 3.8) is 0 Å². The topological polar surface area (TPSA) is 91.6 Å². The molecule has 1 fully saturated rings. The fourth-order valence-corrected chi connectivity index (χ4v) is 4.31. The average molecular weight is 546 g/mol. The Balaban J connectivity index is 0.00000320. The first-order chi connectivity index (χ1) is 13.9. The molecule has 10 heteroatoms. The van der Waals surface area contributed by atoms with Crippen LogP contribution in [0.5, 0.6) is 0 Å². The summed E-state index contributed by atoms with van der Waals surface area (Å²) in [5, 5.41) is 3.39. The van der Waals surface area contributed by atoms with Crippen LogP contribution in [0, 0.1) is 5.92 Å². The van der Waals surface area contributed by atoms with Gasteiger partial charge in [0.1, 0.15) is 0 Å². The molecule has 0 amide bonds. The van der Waals surface area contributed by atoms with Crippen LogP contribution in [0.15, 0.2) is 52.9 Å². The predicted octanol–water partition coefficient (Wildman–Crippen LogP) is 2.46. The van der Waals surface area contributed by atoms with Crippen LogP contribution in [0.25, 0.3) is 0 Å². The van der Waals surface area contributed by atoms with Gasteiger partial charge in [-0.15, -0.1) is 24.0 Å². The van der Waals surface area contributed by atoms with E-state index in [2.05, 4.69) is 38.3 Å². The number of aromatic nitrogens is 2. The van der Waals surface area contributed by atoms with Crippen molar-refractivity contribution < 1.29 is 8.42 Å². The second-order valence-electron chi connectivity index (χ2n) is 7.31. The molecule has 1 aromatic heterocycles. The van der Waals surface area contributed by atoms with Gasteiger partial charge in [-0.1, -0.05) is 19.1 Å². The van der Waals surface area contributed by atoms with Crippen molar-refractivity contribution in [1.82, 2.24) is 24.5 Å². The summed E-state index contributed by atoms with van der Waals surface area (Å²) in [5.41, 5.74) is 0.965. The Kier molecular flexibility index (Phi) is 9.10. The fraction of sp³-hybridized carbons (Fsp3) is 0.500. The highest BCUT2D eigenvalue weighted by molar-refractivity contribution is 14.0. The molecule has 0 aliphatic carbocycles. The number of halogens is 1. The van der Waals surface area contributed by atoms with Crippen LogP contribution in [0.4, 0.5) is 0 Å². The number of aliphatic imine (C=N–C) groups is 1.